The van der Waals surface area contributed by atoms with E-state index < -0.39 is 0 Å². The van der Waals surface area contributed by atoms with Gasteiger partial charge in [-0.25, -0.2) is 0 Å². The van der Waals surface area contributed by atoms with Crippen LogP contribution < -0.4 is 10.1 Å². The summed E-state index contributed by atoms with van der Waals surface area (Å²) in [5.74, 6) is 0.341. The maximum Gasteiger partial charge on any atom is 0.258 e. The van der Waals surface area contributed by atoms with Gasteiger partial charge in [0.1, 0.15) is 5.75 Å². The van der Waals surface area contributed by atoms with E-state index in [1.165, 1.54) is 51.4 Å². The van der Waals surface area contributed by atoms with E-state index in [0.29, 0.717) is 17.9 Å². The van der Waals surface area contributed by atoms with Gasteiger partial charge in [0.2, 0.25) is 0 Å². The smallest absolute Gasteiger partial charge is 0.258 e. The average Bonchev–Trinajstić information content (AvgIpc) is 2.72. The second-order valence-corrected chi connectivity index (χ2v) is 7.55. The third kappa shape index (κ3) is 4.64. The maximum absolute atomic E-state index is 12.3. The van der Waals surface area contributed by atoms with Gasteiger partial charge in [0.05, 0.1) is 5.56 Å². The van der Waals surface area contributed by atoms with Crippen molar-refractivity contribution >= 4 is 12.2 Å². The molecule has 1 aromatic carbocycles. The molecule has 5 heteroatoms. The molecule has 1 saturated heterocycles. The SMILES string of the molecule is O=Cc1ccccc1OCC(=O)NCC1(N2CCCCC2)CCCCC1. The number of carbonyl (C=O) groups is 2. The third-order valence-corrected chi connectivity index (χ3v) is 5.83. The monoisotopic (exact) mass is 358 g/mol. The summed E-state index contributed by atoms with van der Waals surface area (Å²) in [4.78, 5) is 26.0. The van der Waals surface area contributed by atoms with Gasteiger partial charge in [-0.3, -0.25) is 14.5 Å². The summed E-state index contributed by atoms with van der Waals surface area (Å²) in [6, 6.07) is 6.98. The quantitative estimate of drug-likeness (QED) is 0.761. The Kier molecular flexibility index (Phi) is 6.67. The molecule has 0 unspecified atom stereocenters. The Hall–Kier alpha value is -1.88. The van der Waals surface area contributed by atoms with E-state index in [1.807, 2.05) is 0 Å². The Morgan fingerprint density at radius 1 is 1.08 bits per heavy atom. The van der Waals surface area contributed by atoms with Crippen molar-refractivity contribution in [3.8, 4) is 5.75 Å². The minimum absolute atomic E-state index is 0.0546. The first-order chi connectivity index (χ1) is 12.7. The van der Waals surface area contributed by atoms with Crippen molar-refractivity contribution in [2.45, 2.75) is 56.9 Å². The van der Waals surface area contributed by atoms with E-state index in [0.717, 1.165) is 19.4 Å². The molecule has 3 rings (SSSR count). The molecule has 1 saturated carbocycles. The fourth-order valence-corrected chi connectivity index (χ4v) is 4.35. The number of benzene rings is 1. The van der Waals surface area contributed by atoms with Gasteiger partial charge >= 0.3 is 0 Å². The highest BCUT2D eigenvalue weighted by atomic mass is 16.5. The van der Waals surface area contributed by atoms with Crippen LogP contribution in [0.3, 0.4) is 0 Å². The topological polar surface area (TPSA) is 58.6 Å². The van der Waals surface area contributed by atoms with Gasteiger partial charge in [-0.15, -0.1) is 0 Å². The number of hydrogen-bond acceptors (Lipinski definition) is 4. The van der Waals surface area contributed by atoms with E-state index in [2.05, 4.69) is 10.2 Å². The van der Waals surface area contributed by atoms with E-state index in [1.54, 1.807) is 24.3 Å². The van der Waals surface area contributed by atoms with Crippen LogP contribution in [0.25, 0.3) is 0 Å². The Labute approximate surface area is 156 Å². The molecular formula is C21H30N2O3. The summed E-state index contributed by atoms with van der Waals surface area (Å²) >= 11 is 0. The maximum atomic E-state index is 12.3. The van der Waals surface area contributed by atoms with Gasteiger partial charge in [-0.05, 0) is 50.9 Å². The molecule has 1 aliphatic heterocycles. The minimum Gasteiger partial charge on any atom is -0.483 e. The summed E-state index contributed by atoms with van der Waals surface area (Å²) in [5.41, 5.74) is 0.590. The third-order valence-electron chi connectivity index (χ3n) is 5.83. The Bertz CT molecular complexity index is 605. The summed E-state index contributed by atoms with van der Waals surface area (Å²) in [6.45, 7) is 2.95. The molecule has 0 aromatic heterocycles. The molecule has 142 valence electrons. The fourth-order valence-electron chi connectivity index (χ4n) is 4.35. The zero-order chi connectivity index (χ0) is 18.2. The van der Waals surface area contributed by atoms with Crippen LogP contribution in [0.2, 0.25) is 0 Å². The van der Waals surface area contributed by atoms with Crippen molar-refractivity contribution in [1.29, 1.82) is 0 Å². The highest BCUT2D eigenvalue weighted by Gasteiger charge is 2.38. The lowest BCUT2D eigenvalue weighted by Crippen LogP contribution is -2.58. The summed E-state index contributed by atoms with van der Waals surface area (Å²) < 4.78 is 5.55. The zero-order valence-corrected chi connectivity index (χ0v) is 15.5. The van der Waals surface area contributed by atoms with Gasteiger partial charge in [0.25, 0.3) is 5.91 Å². The second-order valence-electron chi connectivity index (χ2n) is 7.55. The van der Waals surface area contributed by atoms with Crippen LogP contribution in [-0.2, 0) is 4.79 Å². The lowest BCUT2D eigenvalue weighted by molar-refractivity contribution is -0.124. The normalized spacial score (nSPS) is 20.3. The molecule has 0 bridgehead atoms. The van der Waals surface area contributed by atoms with Crippen molar-refractivity contribution in [1.82, 2.24) is 10.2 Å². The molecule has 1 aliphatic carbocycles. The molecular weight excluding hydrogens is 328 g/mol. The number of aldehydes is 1. The highest BCUT2D eigenvalue weighted by Crippen LogP contribution is 2.35. The number of para-hydroxylation sites is 1. The van der Waals surface area contributed by atoms with Gasteiger partial charge in [0.15, 0.2) is 12.9 Å². The Morgan fingerprint density at radius 3 is 2.50 bits per heavy atom. The van der Waals surface area contributed by atoms with Gasteiger partial charge in [-0.1, -0.05) is 37.8 Å². The Balaban J connectivity index is 1.54. The first kappa shape index (κ1) is 18.9. The van der Waals surface area contributed by atoms with Crippen LogP contribution in [0.1, 0.15) is 61.7 Å². The molecule has 0 radical (unpaired) electrons. The first-order valence-electron chi connectivity index (χ1n) is 9.92. The van der Waals surface area contributed by atoms with E-state index in [4.69, 9.17) is 4.74 Å². The molecule has 5 nitrogen and oxygen atoms in total. The largest absolute Gasteiger partial charge is 0.483 e. The van der Waals surface area contributed by atoms with Crippen molar-refractivity contribution in [2.24, 2.45) is 0 Å². The number of nitrogens with zero attached hydrogens (tertiary/aromatic N) is 1. The van der Waals surface area contributed by atoms with Crippen LogP contribution in [0, 0.1) is 0 Å². The standard InChI is InChI=1S/C21H30N2O3/c24-15-18-9-3-4-10-19(18)26-16-20(25)22-17-21(11-5-1-6-12-21)23-13-7-2-8-14-23/h3-4,9-10,15H,1-2,5-8,11-14,16-17H2,(H,22,25). The highest BCUT2D eigenvalue weighted by molar-refractivity contribution is 5.80. The van der Waals surface area contributed by atoms with Gasteiger partial charge in [0, 0.05) is 12.1 Å². The fraction of sp³-hybridized carbons (Fsp3) is 0.619. The number of piperidine rings is 1. The number of hydrogen-bond donors (Lipinski definition) is 1. The molecule has 0 spiro atoms. The van der Waals surface area contributed by atoms with Crippen LogP contribution in [0.4, 0.5) is 0 Å². The van der Waals surface area contributed by atoms with Gasteiger partial charge in [-0.2, -0.15) is 0 Å². The van der Waals surface area contributed by atoms with E-state index in [9.17, 15) is 9.59 Å². The first-order valence-corrected chi connectivity index (χ1v) is 9.92. The number of carbonyl (C=O) groups excluding carboxylic acids is 2. The second kappa shape index (κ2) is 9.17. The average molecular weight is 358 g/mol. The minimum atomic E-state index is -0.118. The molecule has 0 atom stereocenters. The van der Waals surface area contributed by atoms with E-state index in [-0.39, 0.29) is 18.1 Å². The Morgan fingerprint density at radius 2 is 1.77 bits per heavy atom. The molecule has 1 heterocycles. The number of rotatable bonds is 7. The molecule has 1 N–H and O–H groups in total. The van der Waals surface area contributed by atoms with Crippen molar-refractivity contribution in [2.75, 3.05) is 26.2 Å². The lowest BCUT2D eigenvalue weighted by Gasteiger charge is -2.48. The molecule has 2 aliphatic rings. The predicted octanol–water partition coefficient (Wildman–Crippen LogP) is 3.18. The summed E-state index contributed by atoms with van der Waals surface area (Å²) in [6.07, 6.45) is 10.7. The molecule has 1 amide bonds. The van der Waals surface area contributed by atoms with Gasteiger partial charge < -0.3 is 10.1 Å². The zero-order valence-electron chi connectivity index (χ0n) is 15.5. The summed E-state index contributed by atoms with van der Waals surface area (Å²) in [5, 5.41) is 3.10. The summed E-state index contributed by atoms with van der Waals surface area (Å²) in [7, 11) is 0. The van der Waals surface area contributed by atoms with Crippen LogP contribution in [0.15, 0.2) is 24.3 Å². The number of ether oxygens (including phenoxy) is 1. The van der Waals surface area contributed by atoms with E-state index >= 15 is 0 Å². The number of amides is 1. The number of likely N-dealkylation sites (tertiary alicyclic amines) is 1. The van der Waals surface area contributed by atoms with Crippen LogP contribution >= 0.6 is 0 Å². The molecule has 2 fully saturated rings. The van der Waals surface area contributed by atoms with Crippen molar-refractivity contribution in [3.63, 3.8) is 0 Å². The molecule has 26 heavy (non-hydrogen) atoms. The predicted molar refractivity (Wildman–Crippen MR) is 102 cm³/mol. The van der Waals surface area contributed by atoms with Crippen molar-refractivity contribution in [3.05, 3.63) is 29.8 Å². The van der Waals surface area contributed by atoms with Crippen molar-refractivity contribution < 1.29 is 14.3 Å². The van der Waals surface area contributed by atoms with Crippen LogP contribution in [-0.4, -0.2) is 48.9 Å². The number of nitrogens with one attached hydrogen (secondary N) is 1. The lowest BCUT2D eigenvalue weighted by atomic mass is 9.79. The van der Waals surface area contributed by atoms with Crippen LogP contribution in [0.5, 0.6) is 5.75 Å². The molecule has 1 aromatic rings.